The molecule has 1 heterocycles. The van der Waals surface area contributed by atoms with Crippen molar-refractivity contribution in [3.8, 4) is 5.75 Å². The minimum atomic E-state index is -0.409. The van der Waals surface area contributed by atoms with Crippen LogP contribution in [0.5, 0.6) is 5.75 Å². The van der Waals surface area contributed by atoms with Crippen molar-refractivity contribution in [1.29, 1.82) is 0 Å². The summed E-state index contributed by atoms with van der Waals surface area (Å²) in [6.07, 6.45) is 4.75. The Morgan fingerprint density at radius 2 is 1.85 bits per heavy atom. The second-order valence-electron chi connectivity index (χ2n) is 5.88. The van der Waals surface area contributed by atoms with Crippen LogP contribution in [-0.2, 0) is 0 Å². The Morgan fingerprint density at radius 3 is 2.55 bits per heavy atom. The van der Waals surface area contributed by atoms with Gasteiger partial charge in [0.1, 0.15) is 18.5 Å². The number of hydrogen-bond donors (Lipinski definition) is 1. The van der Waals surface area contributed by atoms with Crippen LogP contribution in [0.3, 0.4) is 0 Å². The number of rotatable bonds is 5. The van der Waals surface area contributed by atoms with Gasteiger partial charge in [-0.25, -0.2) is 0 Å². The first-order valence-electron chi connectivity index (χ1n) is 7.76. The van der Waals surface area contributed by atoms with Gasteiger partial charge in [-0.05, 0) is 57.0 Å². The van der Waals surface area contributed by atoms with Gasteiger partial charge in [-0.2, -0.15) is 0 Å². The number of hydrogen-bond acceptors (Lipinski definition) is 3. The van der Waals surface area contributed by atoms with Crippen LogP contribution < -0.4 is 4.74 Å². The summed E-state index contributed by atoms with van der Waals surface area (Å²) in [5.41, 5.74) is 2.39. The number of β-amino-alcohol motifs (C(OH)–C–C–N with tert-alkyl or cyclic N) is 1. The van der Waals surface area contributed by atoms with Crippen LogP contribution in [0.15, 0.2) is 18.2 Å². The Kier molecular flexibility index (Phi) is 5.86. The summed E-state index contributed by atoms with van der Waals surface area (Å²) >= 11 is 0. The van der Waals surface area contributed by atoms with E-state index in [4.69, 9.17) is 4.74 Å². The average molecular weight is 277 g/mol. The fourth-order valence-electron chi connectivity index (χ4n) is 2.74. The molecule has 0 spiro atoms. The van der Waals surface area contributed by atoms with Crippen molar-refractivity contribution in [1.82, 2.24) is 4.90 Å². The summed E-state index contributed by atoms with van der Waals surface area (Å²) < 4.78 is 5.78. The Morgan fingerprint density at radius 1 is 1.15 bits per heavy atom. The van der Waals surface area contributed by atoms with Gasteiger partial charge < -0.3 is 14.7 Å². The Bertz CT molecular complexity index is 411. The third-order valence-corrected chi connectivity index (χ3v) is 4.15. The van der Waals surface area contributed by atoms with Gasteiger partial charge in [0.2, 0.25) is 0 Å². The smallest absolute Gasteiger partial charge is 0.122 e. The highest BCUT2D eigenvalue weighted by Gasteiger charge is 2.14. The summed E-state index contributed by atoms with van der Waals surface area (Å²) in [5.74, 6) is 0.889. The molecule has 1 fully saturated rings. The molecule has 3 heteroatoms. The van der Waals surface area contributed by atoms with E-state index in [2.05, 4.69) is 24.8 Å². The standard InChI is InChI=1S/C17H27NO2/c1-14-8-7-9-17(15(14)2)20-13-16(19)12-18-10-5-3-4-6-11-18/h7-9,16,19H,3-6,10-13H2,1-2H3/t16-/m1/s1. The molecule has 0 aromatic heterocycles. The number of likely N-dealkylation sites (tertiary alicyclic amines) is 1. The van der Waals surface area contributed by atoms with Crippen molar-refractivity contribution in [2.24, 2.45) is 0 Å². The molecule has 1 aliphatic rings. The SMILES string of the molecule is Cc1cccc(OC[C@H](O)CN2CCCCCC2)c1C. The van der Waals surface area contributed by atoms with Crippen molar-refractivity contribution in [3.63, 3.8) is 0 Å². The minimum Gasteiger partial charge on any atom is -0.491 e. The first-order chi connectivity index (χ1) is 9.66. The van der Waals surface area contributed by atoms with Crippen LogP contribution in [0.2, 0.25) is 0 Å². The first-order valence-corrected chi connectivity index (χ1v) is 7.76. The highest BCUT2D eigenvalue weighted by atomic mass is 16.5. The zero-order chi connectivity index (χ0) is 14.4. The molecule has 0 amide bonds. The second kappa shape index (κ2) is 7.65. The molecule has 1 aromatic carbocycles. The minimum absolute atomic E-state index is 0.376. The number of nitrogens with zero attached hydrogens (tertiary/aromatic N) is 1. The molecule has 1 aliphatic heterocycles. The van der Waals surface area contributed by atoms with Crippen molar-refractivity contribution < 1.29 is 9.84 Å². The molecule has 0 unspecified atom stereocenters. The third kappa shape index (κ3) is 4.50. The maximum absolute atomic E-state index is 10.1. The number of ether oxygens (including phenoxy) is 1. The average Bonchev–Trinajstić information content (AvgIpc) is 2.69. The molecule has 0 bridgehead atoms. The maximum atomic E-state index is 10.1. The molecule has 1 atom stereocenters. The Labute approximate surface area is 122 Å². The van der Waals surface area contributed by atoms with Crippen LogP contribution in [0.1, 0.15) is 36.8 Å². The van der Waals surface area contributed by atoms with Gasteiger partial charge in [-0.1, -0.05) is 25.0 Å². The molecule has 1 N–H and O–H groups in total. The van der Waals surface area contributed by atoms with E-state index in [-0.39, 0.29) is 0 Å². The quantitative estimate of drug-likeness (QED) is 0.898. The van der Waals surface area contributed by atoms with E-state index in [9.17, 15) is 5.11 Å². The van der Waals surface area contributed by atoms with E-state index in [0.29, 0.717) is 6.61 Å². The predicted molar refractivity (Wildman–Crippen MR) is 82.3 cm³/mol. The largest absolute Gasteiger partial charge is 0.491 e. The van der Waals surface area contributed by atoms with Gasteiger partial charge in [-0.3, -0.25) is 0 Å². The molecular formula is C17H27NO2. The molecule has 0 aliphatic carbocycles. The van der Waals surface area contributed by atoms with Crippen molar-refractivity contribution in [2.45, 2.75) is 45.6 Å². The lowest BCUT2D eigenvalue weighted by molar-refractivity contribution is 0.0691. The number of aryl methyl sites for hydroxylation is 1. The lowest BCUT2D eigenvalue weighted by Gasteiger charge is -2.23. The third-order valence-electron chi connectivity index (χ3n) is 4.15. The van der Waals surface area contributed by atoms with E-state index in [1.807, 2.05) is 12.1 Å². The number of aliphatic hydroxyl groups is 1. The topological polar surface area (TPSA) is 32.7 Å². The molecule has 0 radical (unpaired) electrons. The van der Waals surface area contributed by atoms with Crippen LogP contribution in [0, 0.1) is 13.8 Å². The lowest BCUT2D eigenvalue weighted by Crippen LogP contribution is -2.36. The van der Waals surface area contributed by atoms with E-state index < -0.39 is 6.10 Å². The molecule has 20 heavy (non-hydrogen) atoms. The number of benzene rings is 1. The molecule has 112 valence electrons. The summed E-state index contributed by atoms with van der Waals surface area (Å²) in [4.78, 5) is 2.37. The second-order valence-corrected chi connectivity index (χ2v) is 5.88. The highest BCUT2D eigenvalue weighted by molar-refractivity contribution is 5.38. The van der Waals surface area contributed by atoms with Crippen LogP contribution >= 0.6 is 0 Å². The monoisotopic (exact) mass is 277 g/mol. The van der Waals surface area contributed by atoms with E-state index in [1.165, 1.54) is 31.2 Å². The van der Waals surface area contributed by atoms with Crippen LogP contribution in [0.4, 0.5) is 0 Å². The summed E-state index contributed by atoms with van der Waals surface area (Å²) in [5, 5.41) is 10.1. The number of aliphatic hydroxyl groups excluding tert-OH is 1. The van der Waals surface area contributed by atoms with E-state index >= 15 is 0 Å². The predicted octanol–water partition coefficient (Wildman–Crippen LogP) is 2.92. The first kappa shape index (κ1) is 15.3. The summed E-state index contributed by atoms with van der Waals surface area (Å²) in [7, 11) is 0. The summed E-state index contributed by atoms with van der Waals surface area (Å²) in [6, 6.07) is 6.05. The van der Waals surface area contributed by atoms with Crippen LogP contribution in [0.25, 0.3) is 0 Å². The van der Waals surface area contributed by atoms with Gasteiger partial charge in [0.05, 0.1) is 0 Å². The molecule has 3 nitrogen and oxygen atoms in total. The fourth-order valence-corrected chi connectivity index (χ4v) is 2.74. The zero-order valence-electron chi connectivity index (χ0n) is 12.8. The van der Waals surface area contributed by atoms with Gasteiger partial charge in [-0.15, -0.1) is 0 Å². The maximum Gasteiger partial charge on any atom is 0.122 e. The fraction of sp³-hybridized carbons (Fsp3) is 0.647. The van der Waals surface area contributed by atoms with Crippen LogP contribution in [-0.4, -0.2) is 42.4 Å². The molecule has 1 saturated heterocycles. The lowest BCUT2D eigenvalue weighted by atomic mass is 10.1. The zero-order valence-corrected chi connectivity index (χ0v) is 12.8. The van der Waals surface area contributed by atoms with Crippen molar-refractivity contribution in [2.75, 3.05) is 26.2 Å². The summed E-state index contributed by atoms with van der Waals surface area (Å²) in [6.45, 7) is 7.47. The van der Waals surface area contributed by atoms with Gasteiger partial charge in [0, 0.05) is 6.54 Å². The molecular weight excluding hydrogens is 250 g/mol. The van der Waals surface area contributed by atoms with E-state index in [0.717, 1.165) is 30.9 Å². The van der Waals surface area contributed by atoms with Crippen molar-refractivity contribution in [3.05, 3.63) is 29.3 Å². The van der Waals surface area contributed by atoms with Gasteiger partial charge in [0.15, 0.2) is 0 Å². The Hall–Kier alpha value is -1.06. The molecule has 1 aromatic rings. The van der Waals surface area contributed by atoms with E-state index in [1.54, 1.807) is 0 Å². The van der Waals surface area contributed by atoms with Crippen molar-refractivity contribution >= 4 is 0 Å². The normalized spacial score (nSPS) is 18.6. The van der Waals surface area contributed by atoms with Gasteiger partial charge in [0.25, 0.3) is 0 Å². The van der Waals surface area contributed by atoms with Gasteiger partial charge >= 0.3 is 0 Å². The highest BCUT2D eigenvalue weighted by Crippen LogP contribution is 2.20. The molecule has 0 saturated carbocycles. The molecule has 2 rings (SSSR count). The Balaban J connectivity index is 1.79.